The van der Waals surface area contributed by atoms with E-state index < -0.39 is 11.0 Å². The molecular formula is C13H13N3O4. The van der Waals surface area contributed by atoms with Crippen LogP contribution in [0, 0.1) is 21.4 Å². The predicted molar refractivity (Wildman–Crippen MR) is 70.2 cm³/mol. The van der Waals surface area contributed by atoms with Gasteiger partial charge in [-0.2, -0.15) is 5.26 Å². The van der Waals surface area contributed by atoms with E-state index >= 15 is 0 Å². The lowest BCUT2D eigenvalue weighted by atomic mass is 10.1. The highest BCUT2D eigenvalue weighted by atomic mass is 16.6. The second kappa shape index (κ2) is 5.57. The molecule has 2 rings (SSSR count). The van der Waals surface area contributed by atoms with Crippen molar-refractivity contribution in [1.29, 1.82) is 5.26 Å². The van der Waals surface area contributed by atoms with Crippen molar-refractivity contribution >= 4 is 17.3 Å². The molecule has 0 bridgehead atoms. The normalized spacial score (nSPS) is 17.6. The van der Waals surface area contributed by atoms with E-state index in [-0.39, 0.29) is 17.2 Å². The van der Waals surface area contributed by atoms with Gasteiger partial charge in [-0.1, -0.05) is 0 Å². The summed E-state index contributed by atoms with van der Waals surface area (Å²) in [5.41, 5.74) is 0.383. The predicted octanol–water partition coefficient (Wildman–Crippen LogP) is 1.61. The van der Waals surface area contributed by atoms with Crippen LogP contribution in [-0.4, -0.2) is 30.6 Å². The number of hydrogen-bond donors (Lipinski definition) is 0. The van der Waals surface area contributed by atoms with Crippen LogP contribution in [0.3, 0.4) is 0 Å². The molecule has 1 atom stereocenters. The molecule has 7 nitrogen and oxygen atoms in total. The Morgan fingerprint density at radius 2 is 2.35 bits per heavy atom. The average Bonchev–Trinajstić information content (AvgIpc) is 2.94. The van der Waals surface area contributed by atoms with Crippen LogP contribution in [0.15, 0.2) is 18.2 Å². The summed E-state index contributed by atoms with van der Waals surface area (Å²) in [4.78, 5) is 23.7. The maximum Gasteiger partial charge on any atom is 0.328 e. The van der Waals surface area contributed by atoms with E-state index in [4.69, 9.17) is 10.00 Å². The number of hydrogen-bond acceptors (Lipinski definition) is 6. The van der Waals surface area contributed by atoms with Gasteiger partial charge in [0.25, 0.3) is 5.69 Å². The zero-order valence-electron chi connectivity index (χ0n) is 10.9. The van der Waals surface area contributed by atoms with Gasteiger partial charge in [-0.05, 0) is 25.0 Å². The van der Waals surface area contributed by atoms with Gasteiger partial charge >= 0.3 is 5.97 Å². The molecule has 0 saturated carbocycles. The Hall–Kier alpha value is -2.62. The minimum absolute atomic E-state index is 0.0111. The minimum atomic E-state index is -0.593. The lowest BCUT2D eigenvalue weighted by molar-refractivity contribution is -0.385. The molecule has 20 heavy (non-hydrogen) atoms. The Morgan fingerprint density at radius 1 is 1.60 bits per heavy atom. The van der Waals surface area contributed by atoms with Crippen LogP contribution in [0.2, 0.25) is 0 Å². The first-order valence-corrected chi connectivity index (χ1v) is 6.11. The second-order valence-electron chi connectivity index (χ2n) is 4.44. The zero-order valence-corrected chi connectivity index (χ0v) is 10.9. The number of nitro benzene ring substituents is 1. The monoisotopic (exact) mass is 275 g/mol. The molecule has 0 spiro atoms. The molecule has 1 aromatic rings. The SMILES string of the molecule is COC(=O)C1CCCN1c1ccc([N+](=O)[O-])c(C#N)c1. The fourth-order valence-electron chi connectivity index (χ4n) is 2.41. The van der Waals surface area contributed by atoms with Gasteiger partial charge in [0.2, 0.25) is 0 Å². The first-order chi connectivity index (χ1) is 9.58. The van der Waals surface area contributed by atoms with E-state index in [1.807, 2.05) is 11.0 Å². The van der Waals surface area contributed by atoms with Crippen LogP contribution in [0.1, 0.15) is 18.4 Å². The van der Waals surface area contributed by atoms with Gasteiger partial charge < -0.3 is 9.64 Å². The number of anilines is 1. The lowest BCUT2D eigenvalue weighted by Gasteiger charge is -2.24. The van der Waals surface area contributed by atoms with Crippen molar-refractivity contribution in [2.45, 2.75) is 18.9 Å². The Labute approximate surface area is 115 Å². The van der Waals surface area contributed by atoms with E-state index in [9.17, 15) is 14.9 Å². The number of carbonyl (C=O) groups is 1. The standard InChI is InChI=1S/C13H13N3O4/c1-20-13(17)12-3-2-6-15(12)10-4-5-11(16(18)19)9(7-10)8-14/h4-5,7,12H,2-3,6H2,1H3. The highest BCUT2D eigenvalue weighted by molar-refractivity contribution is 5.81. The van der Waals surface area contributed by atoms with E-state index in [1.165, 1.54) is 19.2 Å². The largest absolute Gasteiger partial charge is 0.467 e. The van der Waals surface area contributed by atoms with Crippen molar-refractivity contribution in [3.63, 3.8) is 0 Å². The summed E-state index contributed by atoms with van der Waals surface area (Å²) in [6.07, 6.45) is 1.50. The number of carbonyl (C=O) groups excluding carboxylic acids is 1. The number of nitrogens with zero attached hydrogens (tertiary/aromatic N) is 3. The summed E-state index contributed by atoms with van der Waals surface area (Å²) in [5.74, 6) is -0.334. The molecule has 1 saturated heterocycles. The molecule has 1 aromatic carbocycles. The summed E-state index contributed by atoms with van der Waals surface area (Å²) in [7, 11) is 1.33. The molecular weight excluding hydrogens is 262 g/mol. The van der Waals surface area contributed by atoms with Gasteiger partial charge in [0.15, 0.2) is 0 Å². The van der Waals surface area contributed by atoms with Crippen molar-refractivity contribution < 1.29 is 14.5 Å². The fraction of sp³-hybridized carbons (Fsp3) is 0.385. The van der Waals surface area contributed by atoms with E-state index in [2.05, 4.69) is 0 Å². The fourth-order valence-corrected chi connectivity index (χ4v) is 2.41. The van der Waals surface area contributed by atoms with Crippen LogP contribution < -0.4 is 4.90 Å². The highest BCUT2D eigenvalue weighted by Gasteiger charge is 2.32. The summed E-state index contributed by atoms with van der Waals surface area (Å²) in [5, 5.41) is 19.8. The molecule has 7 heteroatoms. The molecule has 0 N–H and O–H groups in total. The zero-order chi connectivity index (χ0) is 14.7. The van der Waals surface area contributed by atoms with Crippen LogP contribution in [0.5, 0.6) is 0 Å². The number of benzene rings is 1. The lowest BCUT2D eigenvalue weighted by Crippen LogP contribution is -2.36. The number of nitro groups is 1. The number of ether oxygens (including phenoxy) is 1. The topological polar surface area (TPSA) is 96.5 Å². The van der Waals surface area contributed by atoms with E-state index in [1.54, 1.807) is 6.07 Å². The third kappa shape index (κ3) is 2.40. The van der Waals surface area contributed by atoms with Crippen LogP contribution >= 0.6 is 0 Å². The molecule has 0 radical (unpaired) electrons. The molecule has 1 aliphatic heterocycles. The second-order valence-corrected chi connectivity index (χ2v) is 4.44. The van der Waals surface area contributed by atoms with Crippen LogP contribution in [0.4, 0.5) is 11.4 Å². The Kier molecular flexibility index (Phi) is 3.84. The van der Waals surface area contributed by atoms with E-state index in [0.717, 1.165) is 6.42 Å². The Balaban J connectivity index is 2.36. The Bertz CT molecular complexity index is 594. The molecule has 104 valence electrons. The van der Waals surface area contributed by atoms with Gasteiger partial charge in [-0.3, -0.25) is 10.1 Å². The molecule has 1 fully saturated rings. The first kappa shape index (κ1) is 13.8. The third-order valence-corrected chi connectivity index (χ3v) is 3.35. The van der Waals surface area contributed by atoms with Gasteiger partial charge in [-0.25, -0.2) is 4.79 Å². The van der Waals surface area contributed by atoms with Crippen LogP contribution in [-0.2, 0) is 9.53 Å². The first-order valence-electron chi connectivity index (χ1n) is 6.11. The van der Waals surface area contributed by atoms with Crippen molar-refractivity contribution in [2.75, 3.05) is 18.6 Å². The van der Waals surface area contributed by atoms with Crippen LogP contribution in [0.25, 0.3) is 0 Å². The summed E-state index contributed by atoms with van der Waals surface area (Å²) in [6, 6.07) is 5.71. The van der Waals surface area contributed by atoms with Gasteiger partial charge in [-0.15, -0.1) is 0 Å². The minimum Gasteiger partial charge on any atom is -0.467 e. The number of rotatable bonds is 3. The molecule has 1 aliphatic rings. The number of methoxy groups -OCH3 is 1. The summed E-state index contributed by atoms with van der Waals surface area (Å²) >= 11 is 0. The maximum atomic E-state index is 11.7. The molecule has 0 aliphatic carbocycles. The van der Waals surface area contributed by atoms with Gasteiger partial charge in [0.1, 0.15) is 17.7 Å². The Morgan fingerprint density at radius 3 is 2.95 bits per heavy atom. The van der Waals surface area contributed by atoms with Crippen molar-refractivity contribution in [3.05, 3.63) is 33.9 Å². The smallest absolute Gasteiger partial charge is 0.328 e. The highest BCUT2D eigenvalue weighted by Crippen LogP contribution is 2.30. The average molecular weight is 275 g/mol. The third-order valence-electron chi connectivity index (χ3n) is 3.35. The molecule has 1 heterocycles. The summed E-state index contributed by atoms with van der Waals surface area (Å²) < 4.78 is 4.75. The number of nitriles is 1. The summed E-state index contributed by atoms with van der Waals surface area (Å²) in [6.45, 7) is 0.655. The molecule has 0 aromatic heterocycles. The maximum absolute atomic E-state index is 11.7. The molecule has 0 amide bonds. The molecule has 1 unspecified atom stereocenters. The van der Waals surface area contributed by atoms with Gasteiger partial charge in [0.05, 0.1) is 12.0 Å². The van der Waals surface area contributed by atoms with Crippen molar-refractivity contribution in [1.82, 2.24) is 0 Å². The van der Waals surface area contributed by atoms with E-state index in [0.29, 0.717) is 18.7 Å². The quantitative estimate of drug-likeness (QED) is 0.472. The van der Waals surface area contributed by atoms with Crippen molar-refractivity contribution in [2.24, 2.45) is 0 Å². The van der Waals surface area contributed by atoms with Gasteiger partial charge in [0, 0.05) is 18.3 Å². The number of esters is 1. The van der Waals surface area contributed by atoms with Crippen molar-refractivity contribution in [3.8, 4) is 6.07 Å².